The Kier molecular flexibility index (Phi) is 4.15. The van der Waals surface area contributed by atoms with E-state index in [2.05, 4.69) is 51.2 Å². The summed E-state index contributed by atoms with van der Waals surface area (Å²) in [6.45, 7) is 10.8. The van der Waals surface area contributed by atoms with Gasteiger partial charge in [-0.05, 0) is 31.9 Å². The topological polar surface area (TPSA) is 12.0 Å². The zero-order chi connectivity index (χ0) is 10.6. The highest BCUT2D eigenvalue weighted by Crippen LogP contribution is 2.08. The molecule has 0 saturated carbocycles. The van der Waals surface area contributed by atoms with Gasteiger partial charge in [0.1, 0.15) is 0 Å². The number of hydrogen-bond donors (Lipinski definition) is 1. The first kappa shape index (κ1) is 11.3. The maximum atomic E-state index is 3.46. The number of hydrogen-bond acceptors (Lipinski definition) is 1. The van der Waals surface area contributed by atoms with E-state index in [-0.39, 0.29) is 0 Å². The minimum Gasteiger partial charge on any atom is -0.312 e. The van der Waals surface area contributed by atoms with Crippen LogP contribution in [0, 0.1) is 19.8 Å². The van der Waals surface area contributed by atoms with Gasteiger partial charge < -0.3 is 5.32 Å². The Balaban J connectivity index is 2.50. The van der Waals surface area contributed by atoms with Crippen molar-refractivity contribution in [2.75, 3.05) is 6.54 Å². The third kappa shape index (κ3) is 3.93. The third-order valence-electron chi connectivity index (χ3n) is 2.16. The average Bonchev–Trinajstić information content (AvgIpc) is 2.01. The van der Waals surface area contributed by atoms with E-state index in [1.165, 1.54) is 16.7 Å². The molecule has 0 radical (unpaired) electrons. The Morgan fingerprint density at radius 2 is 1.64 bits per heavy atom. The van der Waals surface area contributed by atoms with Gasteiger partial charge in [-0.3, -0.25) is 0 Å². The van der Waals surface area contributed by atoms with Gasteiger partial charge >= 0.3 is 0 Å². The molecule has 0 aliphatic rings. The Hall–Kier alpha value is -0.820. The normalized spacial score (nSPS) is 10.9. The van der Waals surface area contributed by atoms with Crippen LogP contribution < -0.4 is 5.32 Å². The van der Waals surface area contributed by atoms with Crippen molar-refractivity contribution in [2.24, 2.45) is 5.92 Å². The molecular weight excluding hydrogens is 170 g/mol. The van der Waals surface area contributed by atoms with Crippen LogP contribution in [-0.2, 0) is 6.54 Å². The number of benzene rings is 1. The lowest BCUT2D eigenvalue weighted by atomic mass is 10.1. The minimum absolute atomic E-state index is 0.723. The third-order valence-corrected chi connectivity index (χ3v) is 2.16. The summed E-state index contributed by atoms with van der Waals surface area (Å²) in [7, 11) is 0. The standard InChI is InChI=1S/C13H21N/c1-10(2)8-14-9-13-6-11(3)5-12(4)7-13/h5-7,10,14H,8-9H2,1-4H3. The SMILES string of the molecule is Cc1cc(C)cc(CNCC(C)C)c1. The first-order valence-corrected chi connectivity index (χ1v) is 5.36. The molecule has 1 nitrogen and oxygen atoms in total. The van der Waals surface area contributed by atoms with E-state index in [9.17, 15) is 0 Å². The Morgan fingerprint density at radius 3 is 2.14 bits per heavy atom. The molecule has 0 amide bonds. The Morgan fingerprint density at radius 1 is 1.07 bits per heavy atom. The van der Waals surface area contributed by atoms with Crippen molar-refractivity contribution in [3.63, 3.8) is 0 Å². The molecule has 1 aromatic carbocycles. The van der Waals surface area contributed by atoms with Crippen molar-refractivity contribution in [3.05, 3.63) is 34.9 Å². The van der Waals surface area contributed by atoms with Gasteiger partial charge in [-0.15, -0.1) is 0 Å². The Labute approximate surface area is 87.5 Å². The van der Waals surface area contributed by atoms with Gasteiger partial charge in [0.25, 0.3) is 0 Å². The molecule has 0 unspecified atom stereocenters. The smallest absolute Gasteiger partial charge is 0.0205 e. The summed E-state index contributed by atoms with van der Waals surface area (Å²) in [5, 5.41) is 3.46. The molecular formula is C13H21N. The first-order valence-electron chi connectivity index (χ1n) is 5.36. The molecule has 1 aromatic rings. The second-order valence-electron chi connectivity index (χ2n) is 4.52. The van der Waals surface area contributed by atoms with Crippen LogP contribution in [0.1, 0.15) is 30.5 Å². The van der Waals surface area contributed by atoms with Crippen LogP contribution in [0.4, 0.5) is 0 Å². The summed E-state index contributed by atoms with van der Waals surface area (Å²) < 4.78 is 0. The fourth-order valence-corrected chi connectivity index (χ4v) is 1.68. The lowest BCUT2D eigenvalue weighted by Crippen LogP contribution is -2.19. The predicted molar refractivity (Wildman–Crippen MR) is 62.5 cm³/mol. The fraction of sp³-hybridized carbons (Fsp3) is 0.538. The summed E-state index contributed by atoms with van der Waals surface area (Å²) in [5.41, 5.74) is 4.10. The molecule has 14 heavy (non-hydrogen) atoms. The zero-order valence-corrected chi connectivity index (χ0v) is 9.72. The molecule has 78 valence electrons. The minimum atomic E-state index is 0.723. The maximum Gasteiger partial charge on any atom is 0.0205 e. The first-order chi connectivity index (χ1) is 6.58. The van der Waals surface area contributed by atoms with Crippen molar-refractivity contribution >= 4 is 0 Å². The molecule has 0 saturated heterocycles. The van der Waals surface area contributed by atoms with E-state index < -0.39 is 0 Å². The molecule has 1 heteroatoms. The lowest BCUT2D eigenvalue weighted by molar-refractivity contribution is 0.552. The molecule has 0 aromatic heterocycles. The molecule has 0 fully saturated rings. The molecule has 0 atom stereocenters. The van der Waals surface area contributed by atoms with E-state index >= 15 is 0 Å². The summed E-state index contributed by atoms with van der Waals surface area (Å²) >= 11 is 0. The Bertz CT molecular complexity index is 269. The zero-order valence-electron chi connectivity index (χ0n) is 9.72. The second kappa shape index (κ2) is 5.16. The van der Waals surface area contributed by atoms with E-state index in [0.717, 1.165) is 19.0 Å². The van der Waals surface area contributed by atoms with Crippen LogP contribution >= 0.6 is 0 Å². The van der Waals surface area contributed by atoms with Gasteiger partial charge in [0, 0.05) is 6.54 Å². The predicted octanol–water partition coefficient (Wildman–Crippen LogP) is 3.05. The number of aryl methyl sites for hydroxylation is 2. The summed E-state index contributed by atoms with van der Waals surface area (Å²) in [6.07, 6.45) is 0. The highest BCUT2D eigenvalue weighted by molar-refractivity contribution is 5.28. The molecule has 1 rings (SSSR count). The molecule has 0 aliphatic carbocycles. The molecule has 0 aliphatic heterocycles. The average molecular weight is 191 g/mol. The highest BCUT2D eigenvalue weighted by atomic mass is 14.8. The lowest BCUT2D eigenvalue weighted by Gasteiger charge is -2.08. The van der Waals surface area contributed by atoms with Crippen LogP contribution in [-0.4, -0.2) is 6.54 Å². The van der Waals surface area contributed by atoms with Crippen molar-refractivity contribution in [3.8, 4) is 0 Å². The molecule has 0 heterocycles. The van der Waals surface area contributed by atoms with Gasteiger partial charge in [0.15, 0.2) is 0 Å². The maximum absolute atomic E-state index is 3.46. The van der Waals surface area contributed by atoms with Gasteiger partial charge in [-0.1, -0.05) is 43.2 Å². The summed E-state index contributed by atoms with van der Waals surface area (Å²) in [6, 6.07) is 6.71. The van der Waals surface area contributed by atoms with Crippen LogP contribution in [0.3, 0.4) is 0 Å². The number of nitrogens with one attached hydrogen (secondary N) is 1. The van der Waals surface area contributed by atoms with Crippen LogP contribution in [0.2, 0.25) is 0 Å². The molecule has 1 N–H and O–H groups in total. The molecule has 0 bridgehead atoms. The molecule has 0 spiro atoms. The quantitative estimate of drug-likeness (QED) is 0.771. The van der Waals surface area contributed by atoms with Crippen LogP contribution in [0.25, 0.3) is 0 Å². The summed E-state index contributed by atoms with van der Waals surface area (Å²) in [4.78, 5) is 0. The number of rotatable bonds is 4. The van der Waals surface area contributed by atoms with Gasteiger partial charge in [0.2, 0.25) is 0 Å². The largest absolute Gasteiger partial charge is 0.312 e. The fourth-order valence-electron chi connectivity index (χ4n) is 1.68. The monoisotopic (exact) mass is 191 g/mol. The van der Waals surface area contributed by atoms with E-state index in [0.29, 0.717) is 0 Å². The van der Waals surface area contributed by atoms with Crippen molar-refractivity contribution in [2.45, 2.75) is 34.2 Å². The summed E-state index contributed by atoms with van der Waals surface area (Å²) in [5.74, 6) is 0.723. The van der Waals surface area contributed by atoms with Crippen molar-refractivity contribution in [1.29, 1.82) is 0 Å². The van der Waals surface area contributed by atoms with Crippen molar-refractivity contribution in [1.82, 2.24) is 5.32 Å². The van der Waals surface area contributed by atoms with E-state index in [1.807, 2.05) is 0 Å². The highest BCUT2D eigenvalue weighted by Gasteiger charge is 1.97. The van der Waals surface area contributed by atoms with Crippen molar-refractivity contribution < 1.29 is 0 Å². The van der Waals surface area contributed by atoms with Gasteiger partial charge in [0.05, 0.1) is 0 Å². The van der Waals surface area contributed by atoms with E-state index in [1.54, 1.807) is 0 Å². The van der Waals surface area contributed by atoms with Crippen LogP contribution in [0.5, 0.6) is 0 Å². The van der Waals surface area contributed by atoms with E-state index in [4.69, 9.17) is 0 Å². The van der Waals surface area contributed by atoms with Gasteiger partial charge in [-0.2, -0.15) is 0 Å². The van der Waals surface area contributed by atoms with Crippen LogP contribution in [0.15, 0.2) is 18.2 Å². The second-order valence-corrected chi connectivity index (χ2v) is 4.52. The van der Waals surface area contributed by atoms with Gasteiger partial charge in [-0.25, -0.2) is 0 Å².